The Morgan fingerprint density at radius 3 is 2.57 bits per heavy atom. The molecule has 2 aromatic carbocycles. The summed E-state index contributed by atoms with van der Waals surface area (Å²) in [6.45, 7) is 0.516. The second-order valence-electron chi connectivity index (χ2n) is 4.58. The lowest BCUT2D eigenvalue weighted by molar-refractivity contribution is 1.03. The van der Waals surface area contributed by atoms with Crippen LogP contribution in [0.1, 0.15) is 5.56 Å². The molecule has 0 amide bonds. The summed E-state index contributed by atoms with van der Waals surface area (Å²) in [5.74, 6) is 0.898. The average Bonchev–Trinajstić information content (AvgIpc) is 2.97. The lowest BCUT2D eigenvalue weighted by Crippen LogP contribution is -2.00. The highest BCUT2D eigenvalue weighted by Gasteiger charge is 2.11. The summed E-state index contributed by atoms with van der Waals surface area (Å²) in [5, 5.41) is 0. The van der Waals surface area contributed by atoms with Gasteiger partial charge in [0.25, 0.3) is 0 Å². The smallest absolute Gasteiger partial charge is 0.145 e. The van der Waals surface area contributed by atoms with Gasteiger partial charge in [-0.3, -0.25) is 4.57 Å². The zero-order valence-corrected chi connectivity index (χ0v) is 14.3. The van der Waals surface area contributed by atoms with Gasteiger partial charge in [-0.25, -0.2) is 4.98 Å². The van der Waals surface area contributed by atoms with Crippen LogP contribution in [0, 0.1) is 0 Å². The normalized spacial score (nSPS) is 10.8. The van der Waals surface area contributed by atoms with Crippen LogP contribution in [0.3, 0.4) is 0 Å². The molecule has 0 radical (unpaired) electrons. The lowest BCUT2D eigenvalue weighted by atomic mass is 10.2. The summed E-state index contributed by atoms with van der Waals surface area (Å²) < 4.78 is 4.09. The molecule has 0 bridgehead atoms. The Kier molecular flexibility index (Phi) is 4.24. The van der Waals surface area contributed by atoms with Crippen molar-refractivity contribution in [3.63, 3.8) is 0 Å². The molecule has 0 aliphatic heterocycles. The van der Waals surface area contributed by atoms with Crippen LogP contribution in [0.5, 0.6) is 0 Å². The summed E-state index contributed by atoms with van der Waals surface area (Å²) in [4.78, 5) is 4.49. The van der Waals surface area contributed by atoms with Gasteiger partial charge in [-0.05, 0) is 23.8 Å². The number of imidazole rings is 1. The molecule has 2 N–H and O–H groups in total. The zero-order chi connectivity index (χ0) is 14.8. The van der Waals surface area contributed by atoms with Crippen LogP contribution in [0.4, 0.5) is 0 Å². The molecule has 0 unspecified atom stereocenters. The summed E-state index contributed by atoms with van der Waals surface area (Å²) in [7, 11) is 0. The standard InChI is InChI=1S/C16H13Br2N3/c17-14-4-2-1-3-13(14)16-20-7-8-21(16)12-6-5-11(10-19)15(18)9-12/h1-9H,10,19H2. The number of halogens is 2. The van der Waals surface area contributed by atoms with E-state index in [-0.39, 0.29) is 0 Å². The first-order chi connectivity index (χ1) is 10.2. The number of hydrogen-bond acceptors (Lipinski definition) is 2. The minimum Gasteiger partial charge on any atom is -0.326 e. The van der Waals surface area contributed by atoms with Gasteiger partial charge >= 0.3 is 0 Å². The molecule has 0 saturated carbocycles. The van der Waals surface area contributed by atoms with E-state index in [1.54, 1.807) is 6.20 Å². The first-order valence-corrected chi connectivity index (χ1v) is 8.06. The number of hydrogen-bond donors (Lipinski definition) is 1. The van der Waals surface area contributed by atoms with E-state index in [9.17, 15) is 0 Å². The predicted molar refractivity (Wildman–Crippen MR) is 92.3 cm³/mol. The first kappa shape index (κ1) is 14.5. The molecule has 0 fully saturated rings. The van der Waals surface area contributed by atoms with Crippen molar-refractivity contribution in [1.29, 1.82) is 0 Å². The van der Waals surface area contributed by atoms with Gasteiger partial charge in [0.2, 0.25) is 0 Å². The highest BCUT2D eigenvalue weighted by molar-refractivity contribution is 9.10. The lowest BCUT2D eigenvalue weighted by Gasteiger charge is -2.11. The van der Waals surface area contributed by atoms with Crippen LogP contribution < -0.4 is 5.73 Å². The summed E-state index contributed by atoms with van der Waals surface area (Å²) >= 11 is 7.15. The van der Waals surface area contributed by atoms with Crippen LogP contribution in [0.2, 0.25) is 0 Å². The molecule has 0 aliphatic rings. The van der Waals surface area contributed by atoms with Gasteiger partial charge in [0.15, 0.2) is 0 Å². The summed E-state index contributed by atoms with van der Waals surface area (Å²) in [5.41, 5.74) is 8.89. The SMILES string of the molecule is NCc1ccc(-n2ccnc2-c2ccccc2Br)cc1Br. The van der Waals surface area contributed by atoms with Crippen LogP contribution in [0.15, 0.2) is 63.8 Å². The van der Waals surface area contributed by atoms with Crippen molar-refractivity contribution in [1.82, 2.24) is 9.55 Å². The van der Waals surface area contributed by atoms with Crippen molar-refractivity contribution in [2.24, 2.45) is 5.73 Å². The number of aromatic nitrogens is 2. The molecule has 106 valence electrons. The third kappa shape index (κ3) is 2.81. The van der Waals surface area contributed by atoms with Crippen molar-refractivity contribution < 1.29 is 0 Å². The number of nitrogens with two attached hydrogens (primary N) is 1. The Morgan fingerprint density at radius 2 is 1.86 bits per heavy atom. The fraction of sp³-hybridized carbons (Fsp3) is 0.0625. The van der Waals surface area contributed by atoms with Crippen molar-refractivity contribution in [3.8, 4) is 17.1 Å². The van der Waals surface area contributed by atoms with E-state index in [0.717, 1.165) is 31.6 Å². The largest absolute Gasteiger partial charge is 0.326 e. The monoisotopic (exact) mass is 405 g/mol. The van der Waals surface area contributed by atoms with Crippen LogP contribution in [0.25, 0.3) is 17.1 Å². The Hall–Kier alpha value is -1.43. The Morgan fingerprint density at radius 1 is 1.05 bits per heavy atom. The molecule has 0 aliphatic carbocycles. The second kappa shape index (κ2) is 6.13. The quantitative estimate of drug-likeness (QED) is 0.694. The van der Waals surface area contributed by atoms with Gasteiger partial charge < -0.3 is 5.73 Å². The molecule has 3 aromatic rings. The van der Waals surface area contributed by atoms with Crippen molar-refractivity contribution in [2.75, 3.05) is 0 Å². The third-order valence-corrected chi connectivity index (χ3v) is 4.72. The molecule has 0 saturated heterocycles. The van der Waals surface area contributed by atoms with Crippen LogP contribution in [-0.2, 0) is 6.54 Å². The van der Waals surface area contributed by atoms with E-state index < -0.39 is 0 Å². The molecular weight excluding hydrogens is 394 g/mol. The molecular formula is C16H13Br2N3. The maximum absolute atomic E-state index is 5.70. The molecule has 3 rings (SSSR count). The third-order valence-electron chi connectivity index (χ3n) is 3.29. The van der Waals surface area contributed by atoms with E-state index in [1.807, 2.05) is 36.5 Å². The van der Waals surface area contributed by atoms with E-state index in [4.69, 9.17) is 5.73 Å². The van der Waals surface area contributed by atoms with Gasteiger partial charge in [-0.1, -0.05) is 56.1 Å². The Labute approximate surface area is 140 Å². The van der Waals surface area contributed by atoms with Crippen LogP contribution in [-0.4, -0.2) is 9.55 Å². The van der Waals surface area contributed by atoms with Crippen LogP contribution >= 0.6 is 31.9 Å². The van der Waals surface area contributed by atoms with Crippen molar-refractivity contribution >= 4 is 31.9 Å². The van der Waals surface area contributed by atoms with E-state index in [2.05, 4.69) is 53.5 Å². The maximum Gasteiger partial charge on any atom is 0.145 e. The van der Waals surface area contributed by atoms with E-state index in [1.165, 1.54) is 0 Å². The highest BCUT2D eigenvalue weighted by Crippen LogP contribution is 2.29. The highest BCUT2D eigenvalue weighted by atomic mass is 79.9. The van der Waals surface area contributed by atoms with Gasteiger partial charge in [-0.15, -0.1) is 0 Å². The van der Waals surface area contributed by atoms with E-state index >= 15 is 0 Å². The maximum atomic E-state index is 5.70. The molecule has 5 heteroatoms. The van der Waals surface area contributed by atoms with Crippen molar-refractivity contribution in [2.45, 2.75) is 6.54 Å². The van der Waals surface area contributed by atoms with Crippen molar-refractivity contribution in [3.05, 3.63) is 69.4 Å². The zero-order valence-electron chi connectivity index (χ0n) is 11.1. The molecule has 21 heavy (non-hydrogen) atoms. The second-order valence-corrected chi connectivity index (χ2v) is 6.29. The fourth-order valence-corrected chi connectivity index (χ4v) is 3.20. The molecule has 1 aromatic heterocycles. The van der Waals surface area contributed by atoms with E-state index in [0.29, 0.717) is 6.54 Å². The minimum atomic E-state index is 0.516. The first-order valence-electron chi connectivity index (χ1n) is 6.48. The van der Waals surface area contributed by atoms with Gasteiger partial charge in [0, 0.05) is 39.1 Å². The van der Waals surface area contributed by atoms with Gasteiger partial charge in [0.1, 0.15) is 5.82 Å². The Balaban J connectivity index is 2.11. The fourth-order valence-electron chi connectivity index (χ4n) is 2.21. The molecule has 0 atom stereocenters. The Bertz CT molecular complexity index is 781. The van der Waals surface area contributed by atoms with Gasteiger partial charge in [0.05, 0.1) is 0 Å². The molecule has 1 heterocycles. The molecule has 0 spiro atoms. The number of benzene rings is 2. The number of nitrogens with zero attached hydrogens (tertiary/aromatic N) is 2. The minimum absolute atomic E-state index is 0.516. The summed E-state index contributed by atoms with van der Waals surface area (Å²) in [6, 6.07) is 14.2. The topological polar surface area (TPSA) is 43.8 Å². The average molecular weight is 407 g/mol. The van der Waals surface area contributed by atoms with Gasteiger partial charge in [-0.2, -0.15) is 0 Å². The summed E-state index contributed by atoms with van der Waals surface area (Å²) in [6.07, 6.45) is 3.76. The number of rotatable bonds is 3. The molecule has 3 nitrogen and oxygen atoms in total. The predicted octanol–water partition coefficient (Wildman–Crippen LogP) is 4.52.